The second-order valence-electron chi connectivity index (χ2n) is 2.89. The third kappa shape index (κ3) is 2.97. The number of thiazole rings is 1. The second kappa shape index (κ2) is 5.19. The number of ether oxygens (including phenoxy) is 1. The summed E-state index contributed by atoms with van der Waals surface area (Å²) in [4.78, 5) is 5.48. The van der Waals surface area contributed by atoms with Crippen LogP contribution in [0, 0.1) is 0 Å². The molecule has 78 valence electrons. The quantitative estimate of drug-likeness (QED) is 0.760. The van der Waals surface area contributed by atoms with Crippen LogP contribution in [0.15, 0.2) is 40.7 Å². The fourth-order valence-corrected chi connectivity index (χ4v) is 2.68. The third-order valence-electron chi connectivity index (χ3n) is 1.91. The van der Waals surface area contributed by atoms with Crippen molar-refractivity contribution >= 4 is 23.1 Å². The SMILES string of the molecule is COc1ccc(SCc2nccs2)cc1. The molecular formula is C11H11NOS2. The first-order valence-electron chi connectivity index (χ1n) is 4.54. The molecule has 1 aromatic carbocycles. The van der Waals surface area contributed by atoms with Crippen LogP contribution in [-0.2, 0) is 5.75 Å². The summed E-state index contributed by atoms with van der Waals surface area (Å²) in [6.07, 6.45) is 1.84. The minimum Gasteiger partial charge on any atom is -0.497 e. The van der Waals surface area contributed by atoms with Gasteiger partial charge in [0.05, 0.1) is 12.9 Å². The Labute approximate surface area is 97.3 Å². The Morgan fingerprint density at radius 2 is 2.13 bits per heavy atom. The molecule has 0 aliphatic rings. The Hall–Kier alpha value is -1.00. The van der Waals surface area contributed by atoms with E-state index in [2.05, 4.69) is 17.1 Å². The van der Waals surface area contributed by atoms with Crippen LogP contribution in [0.5, 0.6) is 5.75 Å². The Bertz CT molecular complexity index is 397. The summed E-state index contributed by atoms with van der Waals surface area (Å²) in [5, 5.41) is 3.17. The first kappa shape index (κ1) is 10.5. The molecule has 0 aliphatic heterocycles. The van der Waals surface area contributed by atoms with Crippen molar-refractivity contribution in [2.24, 2.45) is 0 Å². The lowest BCUT2D eigenvalue weighted by molar-refractivity contribution is 0.414. The summed E-state index contributed by atoms with van der Waals surface area (Å²) in [6.45, 7) is 0. The normalized spacial score (nSPS) is 10.2. The summed E-state index contributed by atoms with van der Waals surface area (Å²) in [5.74, 6) is 1.83. The van der Waals surface area contributed by atoms with Gasteiger partial charge in [0.1, 0.15) is 10.8 Å². The maximum Gasteiger partial charge on any atom is 0.118 e. The van der Waals surface area contributed by atoms with E-state index in [1.54, 1.807) is 30.2 Å². The van der Waals surface area contributed by atoms with Crippen molar-refractivity contribution < 1.29 is 4.74 Å². The molecule has 0 bridgehead atoms. The maximum atomic E-state index is 5.10. The number of hydrogen-bond acceptors (Lipinski definition) is 4. The summed E-state index contributed by atoms with van der Waals surface area (Å²) >= 11 is 3.48. The van der Waals surface area contributed by atoms with Crippen molar-refractivity contribution in [3.05, 3.63) is 40.8 Å². The predicted molar refractivity (Wildman–Crippen MR) is 64.7 cm³/mol. The number of thioether (sulfide) groups is 1. The summed E-state index contributed by atoms with van der Waals surface area (Å²) in [7, 11) is 1.68. The molecule has 0 saturated carbocycles. The number of hydrogen-bond donors (Lipinski definition) is 0. The van der Waals surface area contributed by atoms with Crippen LogP contribution >= 0.6 is 23.1 Å². The van der Waals surface area contributed by atoms with Gasteiger partial charge in [0.25, 0.3) is 0 Å². The van der Waals surface area contributed by atoms with Crippen LogP contribution in [0.2, 0.25) is 0 Å². The molecule has 0 N–H and O–H groups in total. The highest BCUT2D eigenvalue weighted by molar-refractivity contribution is 7.98. The molecular weight excluding hydrogens is 226 g/mol. The first-order valence-corrected chi connectivity index (χ1v) is 6.40. The van der Waals surface area contributed by atoms with E-state index in [0.717, 1.165) is 16.5 Å². The number of nitrogens with zero attached hydrogens (tertiary/aromatic N) is 1. The zero-order chi connectivity index (χ0) is 10.5. The van der Waals surface area contributed by atoms with E-state index in [1.807, 2.05) is 23.7 Å². The lowest BCUT2D eigenvalue weighted by atomic mass is 10.3. The number of rotatable bonds is 4. The summed E-state index contributed by atoms with van der Waals surface area (Å²) in [6, 6.07) is 8.09. The fraction of sp³-hybridized carbons (Fsp3) is 0.182. The van der Waals surface area contributed by atoms with E-state index in [4.69, 9.17) is 4.74 Å². The predicted octanol–water partition coefficient (Wildman–Crippen LogP) is 3.44. The van der Waals surface area contributed by atoms with Gasteiger partial charge < -0.3 is 4.74 Å². The van der Waals surface area contributed by atoms with Crippen molar-refractivity contribution in [1.29, 1.82) is 0 Å². The zero-order valence-electron chi connectivity index (χ0n) is 8.34. The molecule has 15 heavy (non-hydrogen) atoms. The highest BCUT2D eigenvalue weighted by Gasteiger charge is 1.98. The van der Waals surface area contributed by atoms with Gasteiger partial charge in [0.15, 0.2) is 0 Å². The van der Waals surface area contributed by atoms with E-state index >= 15 is 0 Å². The third-order valence-corrected chi connectivity index (χ3v) is 3.89. The standard InChI is InChI=1S/C11H11NOS2/c1-13-9-2-4-10(5-3-9)15-8-11-12-6-7-14-11/h2-7H,8H2,1H3. The van der Waals surface area contributed by atoms with Crippen molar-refractivity contribution in [2.45, 2.75) is 10.6 Å². The molecule has 2 aromatic rings. The molecule has 1 aromatic heterocycles. The monoisotopic (exact) mass is 237 g/mol. The van der Waals surface area contributed by atoms with Crippen LogP contribution in [0.25, 0.3) is 0 Å². The average molecular weight is 237 g/mol. The van der Waals surface area contributed by atoms with Crippen molar-refractivity contribution in [1.82, 2.24) is 4.98 Å². The van der Waals surface area contributed by atoms with Gasteiger partial charge in [0, 0.05) is 16.5 Å². The molecule has 0 atom stereocenters. The lowest BCUT2D eigenvalue weighted by Crippen LogP contribution is -1.82. The van der Waals surface area contributed by atoms with Crippen molar-refractivity contribution in [2.75, 3.05) is 7.11 Å². The highest BCUT2D eigenvalue weighted by Crippen LogP contribution is 2.25. The van der Waals surface area contributed by atoms with E-state index in [9.17, 15) is 0 Å². The largest absolute Gasteiger partial charge is 0.497 e. The van der Waals surface area contributed by atoms with Crippen LogP contribution in [0.3, 0.4) is 0 Å². The Morgan fingerprint density at radius 3 is 2.73 bits per heavy atom. The molecule has 0 spiro atoms. The van der Waals surface area contributed by atoms with Gasteiger partial charge in [-0.1, -0.05) is 0 Å². The second-order valence-corrected chi connectivity index (χ2v) is 4.92. The van der Waals surface area contributed by atoms with Gasteiger partial charge in [0.2, 0.25) is 0 Å². The van der Waals surface area contributed by atoms with Crippen LogP contribution in [-0.4, -0.2) is 12.1 Å². The first-order chi connectivity index (χ1) is 7.38. The Balaban J connectivity index is 1.93. The highest BCUT2D eigenvalue weighted by atomic mass is 32.2. The molecule has 0 fully saturated rings. The van der Waals surface area contributed by atoms with Gasteiger partial charge in [-0.3, -0.25) is 0 Å². The number of benzene rings is 1. The van der Waals surface area contributed by atoms with Crippen LogP contribution in [0.4, 0.5) is 0 Å². The summed E-state index contributed by atoms with van der Waals surface area (Å²) in [5.41, 5.74) is 0. The van der Waals surface area contributed by atoms with Gasteiger partial charge in [-0.2, -0.15) is 0 Å². The minimum atomic E-state index is 0.897. The van der Waals surface area contributed by atoms with E-state index in [1.165, 1.54) is 4.90 Å². The van der Waals surface area contributed by atoms with Gasteiger partial charge in [-0.15, -0.1) is 23.1 Å². The molecule has 1 heterocycles. The molecule has 2 nitrogen and oxygen atoms in total. The molecule has 2 rings (SSSR count). The minimum absolute atomic E-state index is 0.897. The number of aromatic nitrogens is 1. The summed E-state index contributed by atoms with van der Waals surface area (Å²) < 4.78 is 5.10. The van der Waals surface area contributed by atoms with Crippen LogP contribution < -0.4 is 4.74 Å². The zero-order valence-corrected chi connectivity index (χ0v) is 9.98. The van der Waals surface area contributed by atoms with E-state index in [0.29, 0.717) is 0 Å². The molecule has 0 saturated heterocycles. The molecule has 0 unspecified atom stereocenters. The van der Waals surface area contributed by atoms with E-state index < -0.39 is 0 Å². The van der Waals surface area contributed by atoms with Crippen molar-refractivity contribution in [3.8, 4) is 5.75 Å². The van der Waals surface area contributed by atoms with Gasteiger partial charge >= 0.3 is 0 Å². The number of methoxy groups -OCH3 is 1. The van der Waals surface area contributed by atoms with Crippen molar-refractivity contribution in [3.63, 3.8) is 0 Å². The Morgan fingerprint density at radius 1 is 1.33 bits per heavy atom. The lowest BCUT2D eigenvalue weighted by Gasteiger charge is -2.01. The fourth-order valence-electron chi connectivity index (χ4n) is 1.14. The van der Waals surface area contributed by atoms with Crippen LogP contribution in [0.1, 0.15) is 5.01 Å². The van der Waals surface area contributed by atoms with Gasteiger partial charge in [-0.25, -0.2) is 4.98 Å². The Kier molecular flexibility index (Phi) is 3.64. The van der Waals surface area contributed by atoms with Gasteiger partial charge in [-0.05, 0) is 24.3 Å². The maximum absolute atomic E-state index is 5.10. The molecule has 4 heteroatoms. The smallest absolute Gasteiger partial charge is 0.118 e. The van der Waals surface area contributed by atoms with E-state index in [-0.39, 0.29) is 0 Å². The topological polar surface area (TPSA) is 22.1 Å². The molecule has 0 radical (unpaired) electrons. The molecule has 0 amide bonds. The molecule has 0 aliphatic carbocycles. The average Bonchev–Trinajstić information content (AvgIpc) is 2.80.